The Morgan fingerprint density at radius 2 is 1.86 bits per heavy atom. The Bertz CT molecular complexity index is 960. The maximum Gasteiger partial charge on any atom is 0.246 e. The van der Waals surface area contributed by atoms with E-state index in [9.17, 15) is 4.79 Å². The normalized spacial score (nSPS) is 10.9. The quantitative estimate of drug-likeness (QED) is 0.402. The van der Waals surface area contributed by atoms with Gasteiger partial charge in [-0.05, 0) is 49.6 Å². The van der Waals surface area contributed by atoms with Crippen LogP contribution in [0.4, 0.5) is 0 Å². The number of aromatic nitrogens is 2. The Morgan fingerprint density at radius 1 is 1.11 bits per heavy atom. The largest absolute Gasteiger partial charge is 0.352 e. The third kappa shape index (κ3) is 5.23. The zero-order chi connectivity index (χ0) is 19.9. The number of aryl methyl sites for hydroxylation is 1. The summed E-state index contributed by atoms with van der Waals surface area (Å²) < 4.78 is 2.29. The molecule has 2 aromatic carbocycles. The van der Waals surface area contributed by atoms with Crippen molar-refractivity contribution in [2.45, 2.75) is 39.2 Å². The summed E-state index contributed by atoms with van der Waals surface area (Å²) in [6, 6.07) is 16.2. The SMILES string of the molecule is C=C(C)C(=O)NCCCCCc1nc2ccccc2n1Cc1ccc(Cl)cc1. The molecule has 1 N–H and O–H groups in total. The van der Waals surface area contributed by atoms with E-state index >= 15 is 0 Å². The van der Waals surface area contributed by atoms with Crippen molar-refractivity contribution in [1.82, 2.24) is 14.9 Å². The third-order valence-electron chi connectivity index (χ3n) is 4.74. The number of imidazole rings is 1. The van der Waals surface area contributed by atoms with Gasteiger partial charge < -0.3 is 9.88 Å². The first-order chi connectivity index (χ1) is 13.5. The van der Waals surface area contributed by atoms with E-state index in [2.05, 4.69) is 46.8 Å². The van der Waals surface area contributed by atoms with Gasteiger partial charge in [0.25, 0.3) is 0 Å². The van der Waals surface area contributed by atoms with Crippen molar-refractivity contribution in [2.24, 2.45) is 0 Å². The summed E-state index contributed by atoms with van der Waals surface area (Å²) in [5.74, 6) is 1.03. The number of nitrogens with one attached hydrogen (secondary N) is 1. The first-order valence-corrected chi connectivity index (χ1v) is 10.0. The predicted molar refractivity (Wildman–Crippen MR) is 116 cm³/mol. The Kier molecular flexibility index (Phi) is 6.88. The second-order valence-corrected chi connectivity index (χ2v) is 7.51. The minimum Gasteiger partial charge on any atom is -0.352 e. The number of unbranched alkanes of at least 4 members (excludes halogenated alkanes) is 2. The van der Waals surface area contributed by atoms with Crippen molar-refractivity contribution >= 4 is 28.5 Å². The molecule has 5 heteroatoms. The lowest BCUT2D eigenvalue weighted by Gasteiger charge is -2.10. The molecular formula is C23H26ClN3O. The fraction of sp³-hybridized carbons (Fsp3) is 0.304. The Labute approximate surface area is 171 Å². The predicted octanol–water partition coefficient (Wildman–Crippen LogP) is 5.14. The van der Waals surface area contributed by atoms with Crippen molar-refractivity contribution in [3.05, 3.63) is 77.1 Å². The number of benzene rings is 2. The van der Waals surface area contributed by atoms with Crippen LogP contribution in [0.25, 0.3) is 11.0 Å². The molecule has 0 atom stereocenters. The molecule has 1 aromatic heterocycles. The van der Waals surface area contributed by atoms with E-state index in [1.165, 1.54) is 5.56 Å². The van der Waals surface area contributed by atoms with Crippen LogP contribution in [0.1, 0.15) is 37.6 Å². The van der Waals surface area contributed by atoms with E-state index in [-0.39, 0.29) is 5.91 Å². The highest BCUT2D eigenvalue weighted by molar-refractivity contribution is 6.30. The molecule has 146 valence electrons. The highest BCUT2D eigenvalue weighted by Crippen LogP contribution is 2.20. The molecule has 3 rings (SSSR count). The number of halogens is 1. The third-order valence-corrected chi connectivity index (χ3v) is 4.99. The van der Waals surface area contributed by atoms with Crippen molar-refractivity contribution in [2.75, 3.05) is 6.54 Å². The van der Waals surface area contributed by atoms with Crippen LogP contribution < -0.4 is 5.32 Å². The van der Waals surface area contributed by atoms with Crippen molar-refractivity contribution in [1.29, 1.82) is 0 Å². The summed E-state index contributed by atoms with van der Waals surface area (Å²) in [6.45, 7) is 6.84. The molecule has 0 spiro atoms. The number of amides is 1. The van der Waals surface area contributed by atoms with Gasteiger partial charge in [0.1, 0.15) is 5.82 Å². The second-order valence-electron chi connectivity index (χ2n) is 7.08. The molecule has 4 nitrogen and oxygen atoms in total. The monoisotopic (exact) mass is 395 g/mol. The summed E-state index contributed by atoms with van der Waals surface area (Å²) >= 11 is 6.02. The highest BCUT2D eigenvalue weighted by Gasteiger charge is 2.11. The molecule has 1 heterocycles. The van der Waals surface area contributed by atoms with Gasteiger partial charge in [-0.1, -0.05) is 48.9 Å². The highest BCUT2D eigenvalue weighted by atomic mass is 35.5. The maximum absolute atomic E-state index is 11.5. The molecule has 0 unspecified atom stereocenters. The van der Waals surface area contributed by atoms with Crippen molar-refractivity contribution < 1.29 is 4.79 Å². The van der Waals surface area contributed by atoms with Gasteiger partial charge in [-0.15, -0.1) is 0 Å². The molecule has 1 amide bonds. The summed E-state index contributed by atoms with van der Waals surface area (Å²) in [6.07, 6.45) is 3.95. The minimum absolute atomic E-state index is 0.0650. The standard InChI is InChI=1S/C23H26ClN3O/c1-17(2)23(28)25-15-7-3-4-10-22-26-20-8-5-6-9-21(20)27(22)16-18-11-13-19(24)14-12-18/h5-6,8-9,11-14H,1,3-4,7,10,15-16H2,2H3,(H,25,28). The number of para-hydroxylation sites is 2. The number of hydrogen-bond acceptors (Lipinski definition) is 2. The topological polar surface area (TPSA) is 46.9 Å². The van der Waals surface area contributed by atoms with Crippen LogP contribution in [0.15, 0.2) is 60.7 Å². The summed E-state index contributed by atoms with van der Waals surface area (Å²) in [5, 5.41) is 3.63. The van der Waals surface area contributed by atoms with Gasteiger partial charge in [0, 0.05) is 30.1 Å². The lowest BCUT2D eigenvalue weighted by molar-refractivity contribution is -0.117. The number of rotatable bonds is 9. The zero-order valence-corrected chi connectivity index (χ0v) is 17.0. The van der Waals surface area contributed by atoms with Crippen LogP contribution in [0, 0.1) is 0 Å². The van der Waals surface area contributed by atoms with Crippen LogP contribution in [0.5, 0.6) is 0 Å². The molecule has 0 bridgehead atoms. The van der Waals surface area contributed by atoms with E-state index in [4.69, 9.17) is 16.6 Å². The Balaban J connectivity index is 1.63. The van der Waals surface area contributed by atoms with Gasteiger partial charge in [-0.3, -0.25) is 4.79 Å². The number of hydrogen-bond donors (Lipinski definition) is 1. The number of nitrogens with zero attached hydrogens (tertiary/aromatic N) is 2. The Morgan fingerprint density at radius 3 is 2.61 bits per heavy atom. The van der Waals surface area contributed by atoms with Gasteiger partial charge in [0.2, 0.25) is 5.91 Å². The van der Waals surface area contributed by atoms with Crippen LogP contribution in [0.2, 0.25) is 5.02 Å². The van der Waals surface area contributed by atoms with E-state index in [0.29, 0.717) is 12.1 Å². The van der Waals surface area contributed by atoms with Crippen molar-refractivity contribution in [3.63, 3.8) is 0 Å². The smallest absolute Gasteiger partial charge is 0.246 e. The molecule has 0 fully saturated rings. The molecule has 3 aromatic rings. The van der Waals surface area contributed by atoms with Gasteiger partial charge in [-0.2, -0.15) is 0 Å². The second kappa shape index (κ2) is 9.56. The molecule has 0 aliphatic carbocycles. The van der Waals surface area contributed by atoms with E-state index in [1.54, 1.807) is 6.92 Å². The van der Waals surface area contributed by atoms with Gasteiger partial charge in [0.05, 0.1) is 11.0 Å². The van der Waals surface area contributed by atoms with Crippen molar-refractivity contribution in [3.8, 4) is 0 Å². The van der Waals surface area contributed by atoms with E-state index in [1.807, 2.05) is 18.2 Å². The number of carbonyl (C=O) groups excluding carboxylic acids is 1. The maximum atomic E-state index is 11.5. The van der Waals surface area contributed by atoms with E-state index in [0.717, 1.165) is 54.1 Å². The van der Waals surface area contributed by atoms with Crippen LogP contribution in [0.3, 0.4) is 0 Å². The van der Waals surface area contributed by atoms with Gasteiger partial charge in [-0.25, -0.2) is 4.98 Å². The average molecular weight is 396 g/mol. The molecule has 0 saturated heterocycles. The zero-order valence-electron chi connectivity index (χ0n) is 16.2. The summed E-state index contributed by atoms with van der Waals surface area (Å²) in [5.41, 5.74) is 3.94. The Hall–Kier alpha value is -2.59. The number of fused-ring (bicyclic) bond motifs is 1. The molecule has 0 aliphatic heterocycles. The average Bonchev–Trinajstić information content (AvgIpc) is 3.03. The lowest BCUT2D eigenvalue weighted by atomic mass is 10.1. The summed E-state index contributed by atoms with van der Waals surface area (Å²) in [4.78, 5) is 16.4. The lowest BCUT2D eigenvalue weighted by Crippen LogP contribution is -2.24. The fourth-order valence-electron chi connectivity index (χ4n) is 3.20. The van der Waals surface area contributed by atoms with Crippen LogP contribution in [-0.4, -0.2) is 22.0 Å². The summed E-state index contributed by atoms with van der Waals surface area (Å²) in [7, 11) is 0. The minimum atomic E-state index is -0.0650. The molecule has 28 heavy (non-hydrogen) atoms. The molecule has 0 aliphatic rings. The molecule has 0 radical (unpaired) electrons. The van der Waals surface area contributed by atoms with Gasteiger partial charge in [0.15, 0.2) is 0 Å². The molecule has 0 saturated carbocycles. The number of carbonyl (C=O) groups is 1. The van der Waals surface area contributed by atoms with Crippen LogP contribution >= 0.6 is 11.6 Å². The van der Waals surface area contributed by atoms with E-state index < -0.39 is 0 Å². The molecular weight excluding hydrogens is 370 g/mol. The van der Waals surface area contributed by atoms with Gasteiger partial charge >= 0.3 is 0 Å². The first kappa shape index (κ1) is 20.2. The fourth-order valence-corrected chi connectivity index (χ4v) is 3.33. The first-order valence-electron chi connectivity index (χ1n) is 9.67. The van der Waals surface area contributed by atoms with Crippen LogP contribution in [-0.2, 0) is 17.8 Å².